The van der Waals surface area contributed by atoms with E-state index in [0.29, 0.717) is 58.5 Å². The van der Waals surface area contributed by atoms with Gasteiger partial charge in [0.15, 0.2) is 9.84 Å². The van der Waals surface area contributed by atoms with Gasteiger partial charge in [0.25, 0.3) is 11.7 Å². The molecule has 12 heteroatoms. The Kier molecular flexibility index (Phi) is 10.6. The number of nitrogens with zero attached hydrogens (tertiary/aromatic N) is 1. The molecule has 5 rings (SSSR count). The van der Waals surface area contributed by atoms with Crippen LogP contribution in [0.25, 0.3) is 10.8 Å². The number of morpholine rings is 1. The summed E-state index contributed by atoms with van der Waals surface area (Å²) in [4.78, 5) is 29.3. The maximum atomic E-state index is 13.5. The highest BCUT2D eigenvalue weighted by Crippen LogP contribution is 2.36. The summed E-state index contributed by atoms with van der Waals surface area (Å²) in [5, 5.41) is 7.29. The summed E-state index contributed by atoms with van der Waals surface area (Å²) in [6.45, 7) is 10.3. The van der Waals surface area contributed by atoms with Gasteiger partial charge in [-0.05, 0) is 59.5 Å². The largest absolute Gasteiger partial charge is 0.494 e. The molecule has 0 saturated carbocycles. The first kappa shape index (κ1) is 35.2. The van der Waals surface area contributed by atoms with E-state index in [-0.39, 0.29) is 21.6 Å². The number of fused-ring (bicyclic) bond motifs is 1. The Morgan fingerprint density at radius 1 is 0.958 bits per heavy atom. The molecule has 10 nitrogen and oxygen atoms in total. The van der Waals surface area contributed by atoms with Gasteiger partial charge in [-0.3, -0.25) is 14.5 Å². The fourth-order valence-corrected chi connectivity index (χ4v) is 6.38. The summed E-state index contributed by atoms with van der Waals surface area (Å²) in [6.07, 6.45) is 1.17. The fourth-order valence-electron chi connectivity index (χ4n) is 5.42. The minimum Gasteiger partial charge on any atom is -0.494 e. The quantitative estimate of drug-likeness (QED) is 0.134. The lowest BCUT2D eigenvalue weighted by atomic mass is 9.87. The molecule has 1 heterocycles. The molecule has 0 radical (unpaired) electrons. The van der Waals surface area contributed by atoms with Crippen molar-refractivity contribution in [3.05, 3.63) is 82.9 Å². The number of halogens is 1. The molecule has 1 saturated heterocycles. The number of anilines is 3. The van der Waals surface area contributed by atoms with Crippen LogP contribution < -0.4 is 20.1 Å². The number of nitrogens with one attached hydrogen (secondary N) is 2. The molecule has 48 heavy (non-hydrogen) atoms. The summed E-state index contributed by atoms with van der Waals surface area (Å²) < 4.78 is 41.8. The van der Waals surface area contributed by atoms with Gasteiger partial charge < -0.3 is 24.8 Å². The average molecular weight is 694 g/mol. The number of carbonyl (C=O) groups is 2. The van der Waals surface area contributed by atoms with Crippen LogP contribution in [0.1, 0.15) is 36.7 Å². The molecular formula is C36H40ClN3O7S. The zero-order valence-electron chi connectivity index (χ0n) is 27.7. The van der Waals surface area contributed by atoms with Crippen molar-refractivity contribution in [2.24, 2.45) is 0 Å². The van der Waals surface area contributed by atoms with Crippen molar-refractivity contribution in [3.63, 3.8) is 0 Å². The Morgan fingerprint density at radius 2 is 1.71 bits per heavy atom. The summed E-state index contributed by atoms with van der Waals surface area (Å²) in [6, 6.07) is 18.6. The number of rotatable bonds is 11. The second-order valence-electron chi connectivity index (χ2n) is 12.7. The van der Waals surface area contributed by atoms with Gasteiger partial charge in [0.05, 0.1) is 30.9 Å². The Labute approximate surface area is 286 Å². The van der Waals surface area contributed by atoms with E-state index in [1.54, 1.807) is 54.6 Å². The number of ketones is 1. The van der Waals surface area contributed by atoms with E-state index in [1.165, 1.54) is 13.4 Å². The highest BCUT2D eigenvalue weighted by atomic mass is 35.5. The third kappa shape index (κ3) is 8.27. The van der Waals surface area contributed by atoms with Crippen molar-refractivity contribution in [1.82, 2.24) is 4.90 Å². The van der Waals surface area contributed by atoms with Crippen molar-refractivity contribution < 1.29 is 32.2 Å². The van der Waals surface area contributed by atoms with Crippen LogP contribution in [0.2, 0.25) is 5.02 Å². The molecular weight excluding hydrogens is 654 g/mol. The molecule has 1 amide bonds. The third-order valence-corrected chi connectivity index (χ3v) is 9.52. The van der Waals surface area contributed by atoms with Gasteiger partial charge >= 0.3 is 0 Å². The number of hydrogen-bond donors (Lipinski definition) is 2. The number of methoxy groups -OCH3 is 1. The number of hydrogen-bond acceptors (Lipinski definition) is 9. The monoisotopic (exact) mass is 693 g/mol. The van der Waals surface area contributed by atoms with Crippen LogP contribution in [-0.2, 0) is 24.8 Å². The van der Waals surface area contributed by atoms with Gasteiger partial charge in [-0.25, -0.2) is 8.42 Å². The van der Waals surface area contributed by atoms with E-state index >= 15 is 0 Å². The highest BCUT2D eigenvalue weighted by molar-refractivity contribution is 7.90. The number of amides is 1. The van der Waals surface area contributed by atoms with Crippen LogP contribution in [0, 0.1) is 0 Å². The molecule has 0 atom stereocenters. The summed E-state index contributed by atoms with van der Waals surface area (Å²) >= 11 is 6.58. The molecule has 4 aromatic carbocycles. The van der Waals surface area contributed by atoms with Gasteiger partial charge in [0, 0.05) is 64.7 Å². The van der Waals surface area contributed by atoms with Gasteiger partial charge in [-0.2, -0.15) is 0 Å². The normalized spacial score (nSPS) is 14.0. The van der Waals surface area contributed by atoms with E-state index in [9.17, 15) is 18.0 Å². The molecule has 1 aliphatic rings. The van der Waals surface area contributed by atoms with Gasteiger partial charge in [0.1, 0.15) is 18.1 Å². The molecule has 4 aromatic rings. The van der Waals surface area contributed by atoms with Crippen LogP contribution in [-0.4, -0.2) is 77.8 Å². The second kappa shape index (κ2) is 14.5. The number of carbonyl (C=O) groups excluding carboxylic acids is 2. The van der Waals surface area contributed by atoms with E-state index in [0.717, 1.165) is 25.2 Å². The first-order valence-corrected chi connectivity index (χ1v) is 17.8. The molecule has 1 aliphatic heterocycles. The molecule has 0 bridgehead atoms. The van der Waals surface area contributed by atoms with Gasteiger partial charge in [-0.1, -0.05) is 44.5 Å². The third-order valence-electron chi connectivity index (χ3n) is 8.11. The standard InChI is InChI=1S/C36H40ClN3O7S/c1-36(2,3)23-19-25(21-26(20-23)48(5,43)44)38-24-9-11-30(32(22-24)45-4)39-35(42)34(41)28-10-12-31(27-7-6-8-29(37)33(27)28)47-18-15-40-13-16-46-17-14-40/h6-12,19-22,38H,13-18H2,1-5H3,(H,39,42). The van der Waals surface area contributed by atoms with Crippen molar-refractivity contribution in [3.8, 4) is 11.5 Å². The molecule has 0 aromatic heterocycles. The summed E-state index contributed by atoms with van der Waals surface area (Å²) in [7, 11) is -2.01. The Bertz CT molecular complexity index is 1950. The minimum absolute atomic E-state index is 0.145. The topological polar surface area (TPSA) is 123 Å². The first-order valence-electron chi connectivity index (χ1n) is 15.5. The second-order valence-corrected chi connectivity index (χ2v) is 15.1. The molecule has 0 spiro atoms. The molecule has 2 N–H and O–H groups in total. The predicted octanol–water partition coefficient (Wildman–Crippen LogP) is 6.48. The van der Waals surface area contributed by atoms with Crippen LogP contribution in [0.4, 0.5) is 17.1 Å². The molecule has 1 fully saturated rings. The number of ether oxygens (including phenoxy) is 3. The minimum atomic E-state index is -3.46. The molecule has 0 aliphatic carbocycles. The number of sulfone groups is 1. The van der Waals surface area contributed by atoms with Crippen LogP contribution in [0.5, 0.6) is 11.5 Å². The fraction of sp³-hybridized carbons (Fsp3) is 0.333. The zero-order chi connectivity index (χ0) is 34.6. The van der Waals surface area contributed by atoms with E-state index in [4.69, 9.17) is 25.8 Å². The van der Waals surface area contributed by atoms with Gasteiger partial charge in [0.2, 0.25) is 0 Å². The molecule has 254 valence electrons. The first-order chi connectivity index (χ1) is 22.7. The smallest absolute Gasteiger partial charge is 0.296 e. The molecule has 0 unspecified atom stereocenters. The Hall–Kier alpha value is -4.16. The summed E-state index contributed by atoms with van der Waals surface area (Å²) in [5.74, 6) is -0.779. The Balaban J connectivity index is 1.34. The highest BCUT2D eigenvalue weighted by Gasteiger charge is 2.24. The zero-order valence-corrected chi connectivity index (χ0v) is 29.3. The van der Waals surface area contributed by atoms with E-state index < -0.39 is 21.5 Å². The van der Waals surface area contributed by atoms with E-state index in [2.05, 4.69) is 15.5 Å². The lowest BCUT2D eigenvalue weighted by molar-refractivity contribution is -0.112. The van der Waals surface area contributed by atoms with Crippen LogP contribution in [0.15, 0.2) is 71.6 Å². The van der Waals surface area contributed by atoms with Crippen LogP contribution in [0.3, 0.4) is 0 Å². The maximum Gasteiger partial charge on any atom is 0.296 e. The van der Waals surface area contributed by atoms with Crippen LogP contribution >= 0.6 is 11.6 Å². The lowest BCUT2D eigenvalue weighted by Gasteiger charge is -2.26. The SMILES string of the molecule is COc1cc(Nc2cc(C(C)(C)C)cc(S(C)(=O)=O)c2)ccc1NC(=O)C(=O)c1ccc(OCCN2CCOCC2)c2cccc(Cl)c12. The maximum absolute atomic E-state index is 13.5. The van der Waals surface area contributed by atoms with Crippen molar-refractivity contribution in [2.45, 2.75) is 31.1 Å². The van der Waals surface area contributed by atoms with Crippen molar-refractivity contribution in [2.75, 3.05) is 63.5 Å². The number of benzene rings is 4. The lowest BCUT2D eigenvalue weighted by Crippen LogP contribution is -2.38. The summed E-state index contributed by atoms with van der Waals surface area (Å²) in [5.41, 5.74) is 2.15. The van der Waals surface area contributed by atoms with E-state index in [1.807, 2.05) is 32.9 Å². The van der Waals surface area contributed by atoms with Crippen molar-refractivity contribution in [1.29, 1.82) is 0 Å². The average Bonchev–Trinajstić information content (AvgIpc) is 3.05. The van der Waals surface area contributed by atoms with Crippen molar-refractivity contribution >= 4 is 61.0 Å². The predicted molar refractivity (Wildman–Crippen MR) is 189 cm³/mol. The Morgan fingerprint density at radius 3 is 2.40 bits per heavy atom. The number of Topliss-reactive ketones (excluding diaryl/α,β-unsaturated/α-hetero) is 1. The van der Waals surface area contributed by atoms with Gasteiger partial charge in [-0.15, -0.1) is 0 Å².